The zero-order valence-corrected chi connectivity index (χ0v) is 20.6. The lowest BCUT2D eigenvalue weighted by molar-refractivity contribution is -0.195. The molecule has 4 rings (SSSR count). The van der Waals surface area contributed by atoms with Crippen molar-refractivity contribution in [2.75, 3.05) is 6.26 Å². The predicted octanol–water partition coefficient (Wildman–Crippen LogP) is 3.95. The molecule has 0 radical (unpaired) electrons. The third kappa shape index (κ3) is 6.25. The van der Waals surface area contributed by atoms with Gasteiger partial charge in [-0.05, 0) is 42.7 Å². The van der Waals surface area contributed by atoms with Crippen LogP contribution in [0.15, 0.2) is 91.0 Å². The number of hydrogen-bond acceptors (Lipinski definition) is 9. The fourth-order valence-corrected chi connectivity index (χ4v) is 4.54. The van der Waals surface area contributed by atoms with Crippen LogP contribution in [-0.4, -0.2) is 60.3 Å². The number of aldehydes is 1. The van der Waals surface area contributed by atoms with Crippen LogP contribution in [0.3, 0.4) is 0 Å². The van der Waals surface area contributed by atoms with E-state index in [1.807, 2.05) is 0 Å². The van der Waals surface area contributed by atoms with E-state index in [0.717, 1.165) is 11.8 Å². The molecule has 0 aromatic heterocycles. The average Bonchev–Trinajstić information content (AvgIpc) is 2.95. The monoisotopic (exact) mass is 520 g/mol. The van der Waals surface area contributed by atoms with Gasteiger partial charge in [-0.2, -0.15) is 0 Å². The largest absolute Gasteiger partial charge is 0.451 e. The third-order valence-electron chi connectivity index (χ3n) is 5.66. The molecule has 1 aliphatic heterocycles. The molecule has 8 nitrogen and oxygen atoms in total. The van der Waals surface area contributed by atoms with Crippen molar-refractivity contribution in [3.63, 3.8) is 0 Å². The van der Waals surface area contributed by atoms with Crippen LogP contribution in [0.5, 0.6) is 0 Å². The van der Waals surface area contributed by atoms with Crippen LogP contribution < -0.4 is 0 Å². The van der Waals surface area contributed by atoms with Crippen molar-refractivity contribution >= 4 is 36.0 Å². The number of carbonyl (C=O) groups is 4. The number of hydrogen-bond donors (Lipinski definition) is 0. The maximum Gasteiger partial charge on any atom is 0.338 e. The van der Waals surface area contributed by atoms with Crippen LogP contribution in [0, 0.1) is 0 Å². The molecule has 0 N–H and O–H groups in total. The fourth-order valence-electron chi connectivity index (χ4n) is 3.83. The number of carbonyl (C=O) groups excluding carboxylic acids is 4. The first-order valence-electron chi connectivity index (χ1n) is 11.4. The summed E-state index contributed by atoms with van der Waals surface area (Å²) in [5, 5.41) is 0. The Morgan fingerprint density at radius 1 is 0.649 bits per heavy atom. The van der Waals surface area contributed by atoms with Gasteiger partial charge in [0.2, 0.25) is 0 Å². The topological polar surface area (TPSA) is 105 Å². The van der Waals surface area contributed by atoms with Crippen molar-refractivity contribution in [2.24, 2.45) is 0 Å². The lowest BCUT2D eigenvalue weighted by Crippen LogP contribution is -2.61. The number of benzene rings is 3. The molecule has 3 aromatic carbocycles. The minimum absolute atomic E-state index is 0.227. The van der Waals surface area contributed by atoms with Gasteiger partial charge >= 0.3 is 17.9 Å². The smallest absolute Gasteiger partial charge is 0.338 e. The van der Waals surface area contributed by atoms with Gasteiger partial charge in [0.1, 0.15) is 5.44 Å². The van der Waals surface area contributed by atoms with Crippen LogP contribution in [0.1, 0.15) is 31.1 Å². The Morgan fingerprint density at radius 2 is 1.03 bits per heavy atom. The second-order valence-electron chi connectivity index (χ2n) is 8.05. The molecule has 1 heterocycles. The molecule has 3 aromatic rings. The summed E-state index contributed by atoms with van der Waals surface area (Å²) < 4.78 is 23.1. The molecule has 1 fully saturated rings. The van der Waals surface area contributed by atoms with Gasteiger partial charge in [0.15, 0.2) is 30.7 Å². The lowest BCUT2D eigenvalue weighted by atomic mass is 9.99. The highest BCUT2D eigenvalue weighted by molar-refractivity contribution is 7.99. The van der Waals surface area contributed by atoms with Gasteiger partial charge in [0, 0.05) is 0 Å². The van der Waals surface area contributed by atoms with E-state index < -0.39 is 47.8 Å². The summed E-state index contributed by atoms with van der Waals surface area (Å²) in [5.74, 6) is -2.18. The standard InChI is InChI=1S/C28H24O8S/c1-37-28-24(36-27(32)20-15-9-4-10-16-20)23(35-26(31)19-13-7-3-8-14-19)22(21(17-29)33-28)34-25(30)18-11-5-2-6-12-18/h2-17,21-24,28H,1H3/t21-,22?,23?,24-,28?/m1/s1. The molecule has 3 unspecified atom stereocenters. The third-order valence-corrected chi connectivity index (χ3v) is 6.50. The fraction of sp³-hybridized carbons (Fsp3) is 0.214. The van der Waals surface area contributed by atoms with E-state index in [1.54, 1.807) is 97.3 Å². The summed E-state index contributed by atoms with van der Waals surface area (Å²) in [5.41, 5.74) is -0.155. The molecule has 5 atom stereocenters. The van der Waals surface area contributed by atoms with Gasteiger partial charge in [-0.1, -0.05) is 54.6 Å². The summed E-state index contributed by atoms with van der Waals surface area (Å²) in [6, 6.07) is 24.6. The van der Waals surface area contributed by atoms with Crippen molar-refractivity contribution in [1.82, 2.24) is 0 Å². The van der Waals surface area contributed by atoms with Gasteiger partial charge in [0.25, 0.3) is 0 Å². The van der Waals surface area contributed by atoms with Crippen molar-refractivity contribution < 1.29 is 38.1 Å². The summed E-state index contributed by atoms with van der Waals surface area (Å²) in [6.45, 7) is 0. The van der Waals surface area contributed by atoms with E-state index in [0.29, 0.717) is 6.29 Å². The normalized spacial score (nSPS) is 22.9. The zero-order valence-electron chi connectivity index (χ0n) is 19.8. The molecule has 1 saturated heterocycles. The summed E-state index contributed by atoms with van der Waals surface area (Å²) in [7, 11) is 0. The number of thioether (sulfide) groups is 1. The molecule has 0 amide bonds. The summed E-state index contributed by atoms with van der Waals surface area (Å²) in [6.07, 6.45) is -3.01. The van der Waals surface area contributed by atoms with E-state index in [1.165, 1.54) is 0 Å². The number of rotatable bonds is 8. The molecule has 0 spiro atoms. The Balaban J connectivity index is 1.69. The van der Waals surface area contributed by atoms with Crippen molar-refractivity contribution in [3.8, 4) is 0 Å². The predicted molar refractivity (Wildman–Crippen MR) is 135 cm³/mol. The summed E-state index contributed by atoms with van der Waals surface area (Å²) >= 11 is 1.16. The minimum atomic E-state index is -1.38. The van der Waals surface area contributed by atoms with Crippen molar-refractivity contribution in [1.29, 1.82) is 0 Å². The molecule has 0 aliphatic carbocycles. The molecule has 190 valence electrons. The maximum absolute atomic E-state index is 13.1. The maximum atomic E-state index is 13.1. The van der Waals surface area contributed by atoms with Gasteiger partial charge in [-0.3, -0.25) is 0 Å². The van der Waals surface area contributed by atoms with E-state index >= 15 is 0 Å². The van der Waals surface area contributed by atoms with Crippen LogP contribution in [0.4, 0.5) is 0 Å². The van der Waals surface area contributed by atoms with Crippen LogP contribution in [-0.2, 0) is 23.7 Å². The Bertz CT molecular complexity index is 1220. The molecular weight excluding hydrogens is 496 g/mol. The van der Waals surface area contributed by atoms with Gasteiger partial charge in [-0.15, -0.1) is 11.8 Å². The second kappa shape index (κ2) is 12.3. The van der Waals surface area contributed by atoms with Gasteiger partial charge in [-0.25, -0.2) is 14.4 Å². The van der Waals surface area contributed by atoms with E-state index in [2.05, 4.69) is 0 Å². The number of ether oxygens (including phenoxy) is 4. The van der Waals surface area contributed by atoms with E-state index in [4.69, 9.17) is 18.9 Å². The Kier molecular flexibility index (Phi) is 8.71. The van der Waals surface area contributed by atoms with Gasteiger partial charge < -0.3 is 23.7 Å². The SMILES string of the molecule is CSC1O[C@H](C=O)C(OC(=O)c2ccccc2)C(OC(=O)c2ccccc2)[C@H]1OC(=O)c1ccccc1. The first kappa shape index (κ1) is 26.1. The molecule has 1 aliphatic rings. The van der Waals surface area contributed by atoms with Crippen molar-refractivity contribution in [3.05, 3.63) is 108 Å². The average molecular weight is 521 g/mol. The molecule has 37 heavy (non-hydrogen) atoms. The highest BCUT2D eigenvalue weighted by Gasteiger charge is 2.52. The van der Waals surface area contributed by atoms with Crippen molar-refractivity contribution in [2.45, 2.75) is 29.9 Å². The Hall–Kier alpha value is -3.95. The van der Waals surface area contributed by atoms with E-state index in [-0.39, 0.29) is 16.7 Å². The second-order valence-corrected chi connectivity index (χ2v) is 8.98. The summed E-state index contributed by atoms with van der Waals surface area (Å²) in [4.78, 5) is 51.0. The van der Waals surface area contributed by atoms with Crippen LogP contribution in [0.25, 0.3) is 0 Å². The first-order valence-corrected chi connectivity index (χ1v) is 12.7. The molecule has 9 heteroatoms. The Labute approximate surface area is 217 Å². The number of esters is 3. The molecular formula is C28H24O8S. The minimum Gasteiger partial charge on any atom is -0.451 e. The molecule has 0 saturated carbocycles. The van der Waals surface area contributed by atoms with Crippen LogP contribution >= 0.6 is 11.8 Å². The lowest BCUT2D eigenvalue weighted by Gasteiger charge is -2.42. The highest BCUT2D eigenvalue weighted by Crippen LogP contribution is 2.33. The quantitative estimate of drug-likeness (QED) is 0.248. The van der Waals surface area contributed by atoms with Crippen LogP contribution in [0.2, 0.25) is 0 Å². The Morgan fingerprint density at radius 3 is 1.41 bits per heavy atom. The highest BCUT2D eigenvalue weighted by atomic mass is 32.2. The molecule has 0 bridgehead atoms. The van der Waals surface area contributed by atoms with Gasteiger partial charge in [0.05, 0.1) is 16.7 Å². The first-order chi connectivity index (χ1) is 18.0. The zero-order chi connectivity index (χ0) is 26.2. The van der Waals surface area contributed by atoms with E-state index in [9.17, 15) is 19.2 Å².